The first-order valence-corrected chi connectivity index (χ1v) is 11.9. The van der Waals surface area contributed by atoms with Gasteiger partial charge in [-0.15, -0.1) is 0 Å². The Labute approximate surface area is 211 Å². The second-order valence-electron chi connectivity index (χ2n) is 9.05. The molecule has 3 aromatic carbocycles. The van der Waals surface area contributed by atoms with Crippen molar-refractivity contribution < 1.29 is 24.2 Å². The number of nitrogens with one attached hydrogen (secondary N) is 2. The van der Waals surface area contributed by atoms with Crippen LogP contribution in [0.2, 0.25) is 0 Å². The predicted molar refractivity (Wildman–Crippen MR) is 137 cm³/mol. The monoisotopic (exact) mass is 536 g/mol. The Balaban J connectivity index is 1.36. The van der Waals surface area contributed by atoms with Gasteiger partial charge in [0.1, 0.15) is 6.61 Å². The molecule has 0 bridgehead atoms. The fourth-order valence-electron chi connectivity index (χ4n) is 4.35. The maximum Gasteiger partial charge on any atom is 0.407 e. The molecule has 0 heterocycles. The van der Waals surface area contributed by atoms with Gasteiger partial charge in [0.25, 0.3) is 0 Å². The summed E-state index contributed by atoms with van der Waals surface area (Å²) in [6, 6.07) is 20.7. The number of carbonyl (C=O) groups is 3. The Hall–Kier alpha value is -3.65. The minimum absolute atomic E-state index is 0.0324. The molecule has 1 aliphatic rings. The van der Waals surface area contributed by atoms with Gasteiger partial charge in [-0.3, -0.25) is 4.79 Å². The number of alkyl carbamates (subject to hydrolysis) is 1. The van der Waals surface area contributed by atoms with E-state index in [0.717, 1.165) is 22.3 Å². The van der Waals surface area contributed by atoms with Crippen LogP contribution in [0.3, 0.4) is 0 Å². The normalized spacial score (nSPS) is 12.4. The molecule has 4 rings (SSSR count). The fraction of sp³-hybridized carbons (Fsp3) is 0.222. The van der Waals surface area contributed by atoms with Crippen LogP contribution in [0.4, 0.5) is 10.5 Å². The van der Waals surface area contributed by atoms with Crippen molar-refractivity contribution in [1.29, 1.82) is 0 Å². The summed E-state index contributed by atoms with van der Waals surface area (Å²) in [5.41, 5.74) is 3.74. The molecule has 8 heteroatoms. The predicted octanol–water partition coefficient (Wildman–Crippen LogP) is 5.79. The van der Waals surface area contributed by atoms with E-state index in [9.17, 15) is 19.5 Å². The van der Waals surface area contributed by atoms with E-state index in [0.29, 0.717) is 4.47 Å². The summed E-state index contributed by atoms with van der Waals surface area (Å²) in [7, 11) is 0. The van der Waals surface area contributed by atoms with Crippen molar-refractivity contribution in [3.63, 3.8) is 0 Å². The number of fused-ring (bicyclic) bond motifs is 3. The summed E-state index contributed by atoms with van der Waals surface area (Å²) >= 11 is 3.23. The number of ether oxygens (including phenoxy) is 1. The number of anilines is 1. The van der Waals surface area contributed by atoms with Crippen molar-refractivity contribution in [1.82, 2.24) is 5.32 Å². The molecule has 0 saturated carbocycles. The summed E-state index contributed by atoms with van der Waals surface area (Å²) in [5.74, 6) is -1.65. The van der Waals surface area contributed by atoms with Crippen molar-refractivity contribution in [3.8, 4) is 11.1 Å². The van der Waals surface area contributed by atoms with Gasteiger partial charge in [0.15, 0.2) is 0 Å². The number of benzene rings is 3. The van der Waals surface area contributed by atoms with E-state index >= 15 is 0 Å². The third kappa shape index (κ3) is 5.54. The third-order valence-electron chi connectivity index (χ3n) is 5.87. The molecule has 7 nitrogen and oxygen atoms in total. The van der Waals surface area contributed by atoms with E-state index in [1.54, 1.807) is 19.9 Å². The number of aromatic carboxylic acids is 1. The first-order chi connectivity index (χ1) is 16.6. The Bertz CT molecular complexity index is 1260. The van der Waals surface area contributed by atoms with E-state index in [1.165, 1.54) is 12.1 Å². The molecular weight excluding hydrogens is 512 g/mol. The Kier molecular flexibility index (Phi) is 6.93. The topological polar surface area (TPSA) is 105 Å². The van der Waals surface area contributed by atoms with Gasteiger partial charge in [0.2, 0.25) is 5.91 Å². The molecule has 0 fully saturated rings. The molecule has 0 atom stereocenters. The van der Waals surface area contributed by atoms with Crippen LogP contribution in [0.5, 0.6) is 0 Å². The molecule has 35 heavy (non-hydrogen) atoms. The van der Waals surface area contributed by atoms with E-state index in [2.05, 4.69) is 38.7 Å². The molecule has 180 valence electrons. The van der Waals surface area contributed by atoms with Crippen LogP contribution in [0, 0.1) is 0 Å². The number of rotatable bonds is 7. The smallest absolute Gasteiger partial charge is 0.407 e. The third-order valence-corrected chi connectivity index (χ3v) is 6.37. The number of carboxylic acids is 1. The lowest BCUT2D eigenvalue weighted by Crippen LogP contribution is -2.46. The van der Waals surface area contributed by atoms with Gasteiger partial charge in [-0.05, 0) is 54.3 Å². The molecule has 0 spiro atoms. The van der Waals surface area contributed by atoms with Gasteiger partial charge in [0.05, 0.1) is 11.3 Å². The minimum Gasteiger partial charge on any atom is -0.478 e. The lowest BCUT2D eigenvalue weighted by molar-refractivity contribution is -0.117. The van der Waals surface area contributed by atoms with Crippen LogP contribution in [0.15, 0.2) is 71.2 Å². The van der Waals surface area contributed by atoms with Crippen LogP contribution in [-0.4, -0.2) is 35.2 Å². The van der Waals surface area contributed by atoms with Crippen molar-refractivity contribution >= 4 is 39.6 Å². The van der Waals surface area contributed by atoms with Gasteiger partial charge in [0, 0.05) is 22.4 Å². The largest absolute Gasteiger partial charge is 0.478 e. The second-order valence-corrected chi connectivity index (χ2v) is 9.97. The highest BCUT2D eigenvalue weighted by atomic mass is 79.9. The maximum absolute atomic E-state index is 12.6. The summed E-state index contributed by atoms with van der Waals surface area (Å²) in [4.78, 5) is 36.7. The first-order valence-electron chi connectivity index (χ1n) is 11.1. The fourth-order valence-corrected chi connectivity index (χ4v) is 4.71. The van der Waals surface area contributed by atoms with Crippen LogP contribution in [0.25, 0.3) is 11.1 Å². The van der Waals surface area contributed by atoms with E-state index < -0.39 is 23.5 Å². The van der Waals surface area contributed by atoms with Crippen LogP contribution in [-0.2, 0) is 9.53 Å². The minimum atomic E-state index is -1.15. The Morgan fingerprint density at radius 2 is 1.57 bits per heavy atom. The average molecular weight is 537 g/mol. The lowest BCUT2D eigenvalue weighted by Gasteiger charge is -2.26. The maximum atomic E-state index is 12.6. The van der Waals surface area contributed by atoms with Crippen molar-refractivity contribution in [2.45, 2.75) is 31.7 Å². The van der Waals surface area contributed by atoms with Crippen LogP contribution < -0.4 is 10.6 Å². The molecular formula is C27H25BrN2O5. The molecule has 0 saturated heterocycles. The van der Waals surface area contributed by atoms with Gasteiger partial charge in [-0.2, -0.15) is 0 Å². The molecule has 3 aromatic rings. The van der Waals surface area contributed by atoms with Crippen molar-refractivity contribution in [3.05, 3.63) is 87.9 Å². The molecule has 2 amide bonds. The number of amides is 2. The average Bonchev–Trinajstić information content (AvgIpc) is 3.12. The number of carbonyl (C=O) groups excluding carboxylic acids is 2. The first kappa shape index (κ1) is 24.5. The van der Waals surface area contributed by atoms with Crippen molar-refractivity contribution in [2.24, 2.45) is 0 Å². The molecule has 0 aliphatic heterocycles. The number of carboxylic acid groups (broad SMARTS) is 1. The molecule has 3 N–H and O–H groups in total. The zero-order valence-corrected chi connectivity index (χ0v) is 20.9. The number of hydrogen-bond donors (Lipinski definition) is 3. The zero-order chi connectivity index (χ0) is 25.2. The summed E-state index contributed by atoms with van der Waals surface area (Å²) in [6.07, 6.45) is -0.703. The zero-order valence-electron chi connectivity index (χ0n) is 19.3. The number of halogens is 1. The highest BCUT2D eigenvalue weighted by molar-refractivity contribution is 9.10. The quantitative estimate of drug-likeness (QED) is 0.354. The van der Waals surface area contributed by atoms with E-state index in [1.807, 2.05) is 36.4 Å². The van der Waals surface area contributed by atoms with Crippen molar-refractivity contribution in [2.75, 3.05) is 11.9 Å². The van der Waals surface area contributed by atoms with Crippen LogP contribution >= 0.6 is 15.9 Å². The second kappa shape index (κ2) is 9.92. The molecule has 0 unspecified atom stereocenters. The summed E-state index contributed by atoms with van der Waals surface area (Å²) < 4.78 is 6.16. The highest BCUT2D eigenvalue weighted by Crippen LogP contribution is 2.44. The van der Waals surface area contributed by atoms with Gasteiger partial charge in [-0.25, -0.2) is 9.59 Å². The van der Waals surface area contributed by atoms with Crippen LogP contribution in [0.1, 0.15) is 47.7 Å². The van der Waals surface area contributed by atoms with Gasteiger partial charge < -0.3 is 20.5 Å². The lowest BCUT2D eigenvalue weighted by atomic mass is 9.98. The van der Waals surface area contributed by atoms with E-state index in [-0.39, 0.29) is 30.2 Å². The Morgan fingerprint density at radius 1 is 0.971 bits per heavy atom. The molecule has 1 aliphatic carbocycles. The Morgan fingerprint density at radius 3 is 2.17 bits per heavy atom. The number of hydrogen-bond acceptors (Lipinski definition) is 4. The summed E-state index contributed by atoms with van der Waals surface area (Å²) in [5, 5.41) is 14.7. The highest BCUT2D eigenvalue weighted by Gasteiger charge is 2.30. The standard InChI is InChI=1S/C27H25BrN2O5/c1-27(2,14-24(31)29-23-12-11-16(28)13-21(23)25(32)33)30-26(34)35-15-22-19-9-5-3-7-17(19)18-8-4-6-10-20(18)22/h3-13,22H,14-15H2,1-2H3,(H,29,31)(H,30,34)(H,32,33). The summed E-state index contributed by atoms with van der Waals surface area (Å²) in [6.45, 7) is 3.57. The van der Waals surface area contributed by atoms with Gasteiger partial charge in [-0.1, -0.05) is 64.5 Å². The molecule has 0 aromatic heterocycles. The van der Waals surface area contributed by atoms with E-state index in [4.69, 9.17) is 4.74 Å². The van der Waals surface area contributed by atoms with Gasteiger partial charge >= 0.3 is 12.1 Å². The SMILES string of the molecule is CC(C)(CC(=O)Nc1ccc(Br)cc1C(=O)O)NC(=O)OCC1c2ccccc2-c2ccccc21. The molecule has 0 radical (unpaired) electrons.